The van der Waals surface area contributed by atoms with Crippen molar-refractivity contribution in [1.82, 2.24) is 9.78 Å². The van der Waals surface area contributed by atoms with E-state index >= 15 is 0 Å². The van der Waals surface area contributed by atoms with Gasteiger partial charge in [0, 0.05) is 11.8 Å². The number of hydrogen-bond acceptors (Lipinski definition) is 2. The van der Waals surface area contributed by atoms with Gasteiger partial charge in [0.05, 0.1) is 12.7 Å². The lowest BCUT2D eigenvalue weighted by atomic mass is 10.1. The zero-order chi connectivity index (χ0) is 11.5. The quantitative estimate of drug-likeness (QED) is 0.735. The third kappa shape index (κ3) is 2.37. The zero-order valence-electron chi connectivity index (χ0n) is 9.47. The molecule has 0 fully saturated rings. The van der Waals surface area contributed by atoms with E-state index in [1.807, 2.05) is 48.3 Å². The molecular weight excluding hydrogens is 200 g/mol. The second kappa shape index (κ2) is 4.31. The fourth-order valence-corrected chi connectivity index (χ4v) is 1.59. The molecule has 3 heteroatoms. The van der Waals surface area contributed by atoms with Crippen molar-refractivity contribution in [2.45, 2.75) is 20.4 Å². The minimum Gasteiger partial charge on any atom is -0.295 e. The number of aryl methyl sites for hydroxylation is 1. The molecule has 0 radical (unpaired) electrons. The summed E-state index contributed by atoms with van der Waals surface area (Å²) in [4.78, 5) is 11.1. The highest BCUT2D eigenvalue weighted by atomic mass is 16.1. The standard InChI is InChI=1S/C13H14N2O/c1-10-7-14-15(8-10)9-12-3-5-13(6-4-12)11(2)16/h3-8H,9H2,1-2H3. The molecule has 0 aliphatic heterocycles. The lowest BCUT2D eigenvalue weighted by molar-refractivity contribution is 0.101. The summed E-state index contributed by atoms with van der Waals surface area (Å²) in [5, 5.41) is 4.22. The molecule has 0 amide bonds. The monoisotopic (exact) mass is 214 g/mol. The summed E-state index contributed by atoms with van der Waals surface area (Å²) in [6.45, 7) is 4.33. The Morgan fingerprint density at radius 1 is 1.31 bits per heavy atom. The number of aromatic nitrogens is 2. The van der Waals surface area contributed by atoms with Gasteiger partial charge in [-0.3, -0.25) is 9.48 Å². The van der Waals surface area contributed by atoms with Crippen LogP contribution >= 0.6 is 0 Å². The first-order valence-electron chi connectivity index (χ1n) is 5.24. The summed E-state index contributed by atoms with van der Waals surface area (Å²) in [7, 11) is 0. The van der Waals surface area contributed by atoms with Crippen LogP contribution in [0.3, 0.4) is 0 Å². The molecule has 0 bridgehead atoms. The molecule has 16 heavy (non-hydrogen) atoms. The van der Waals surface area contributed by atoms with Crippen molar-refractivity contribution >= 4 is 5.78 Å². The van der Waals surface area contributed by atoms with Gasteiger partial charge in [0.25, 0.3) is 0 Å². The van der Waals surface area contributed by atoms with Gasteiger partial charge in [0.15, 0.2) is 5.78 Å². The maximum absolute atomic E-state index is 11.1. The molecular formula is C13H14N2O. The first kappa shape index (κ1) is 10.6. The molecule has 0 unspecified atom stereocenters. The number of carbonyl (C=O) groups is 1. The van der Waals surface area contributed by atoms with Crippen molar-refractivity contribution in [2.75, 3.05) is 0 Å². The number of nitrogens with zero attached hydrogens (tertiary/aromatic N) is 2. The van der Waals surface area contributed by atoms with Crippen LogP contribution in [0.5, 0.6) is 0 Å². The zero-order valence-corrected chi connectivity index (χ0v) is 9.47. The van der Waals surface area contributed by atoms with Crippen LogP contribution in [0.2, 0.25) is 0 Å². The Hall–Kier alpha value is -1.90. The molecule has 1 aromatic heterocycles. The molecule has 1 heterocycles. The van der Waals surface area contributed by atoms with E-state index in [2.05, 4.69) is 5.10 Å². The van der Waals surface area contributed by atoms with E-state index in [9.17, 15) is 4.79 Å². The fraction of sp³-hybridized carbons (Fsp3) is 0.231. The molecule has 1 aromatic carbocycles. The summed E-state index contributed by atoms with van der Waals surface area (Å²) in [6, 6.07) is 7.64. The summed E-state index contributed by atoms with van der Waals surface area (Å²) >= 11 is 0. The second-order valence-electron chi connectivity index (χ2n) is 3.97. The topological polar surface area (TPSA) is 34.9 Å². The van der Waals surface area contributed by atoms with Gasteiger partial charge in [0.1, 0.15) is 0 Å². The van der Waals surface area contributed by atoms with E-state index in [4.69, 9.17) is 0 Å². The molecule has 0 aliphatic carbocycles. The van der Waals surface area contributed by atoms with Gasteiger partial charge < -0.3 is 0 Å². The van der Waals surface area contributed by atoms with Crippen LogP contribution in [0.1, 0.15) is 28.4 Å². The Morgan fingerprint density at radius 3 is 2.50 bits per heavy atom. The van der Waals surface area contributed by atoms with Gasteiger partial charge in [-0.1, -0.05) is 24.3 Å². The highest BCUT2D eigenvalue weighted by molar-refractivity contribution is 5.93. The summed E-state index contributed by atoms with van der Waals surface area (Å²) in [6.07, 6.45) is 3.84. The number of rotatable bonds is 3. The Morgan fingerprint density at radius 2 is 2.00 bits per heavy atom. The van der Waals surface area contributed by atoms with Gasteiger partial charge >= 0.3 is 0 Å². The SMILES string of the molecule is CC(=O)c1ccc(Cn2cc(C)cn2)cc1. The van der Waals surface area contributed by atoms with Crippen molar-refractivity contribution in [1.29, 1.82) is 0 Å². The average molecular weight is 214 g/mol. The van der Waals surface area contributed by atoms with Crippen molar-refractivity contribution in [3.8, 4) is 0 Å². The molecule has 82 valence electrons. The number of hydrogen-bond donors (Lipinski definition) is 0. The molecule has 2 rings (SSSR count). The number of benzene rings is 1. The Labute approximate surface area is 94.7 Å². The predicted octanol–water partition coefficient (Wildman–Crippen LogP) is 2.44. The van der Waals surface area contributed by atoms with Crippen molar-refractivity contribution in [3.05, 3.63) is 53.3 Å². The van der Waals surface area contributed by atoms with Gasteiger partial charge in [-0.15, -0.1) is 0 Å². The number of ketones is 1. The van der Waals surface area contributed by atoms with Crippen LogP contribution in [0.15, 0.2) is 36.7 Å². The van der Waals surface area contributed by atoms with E-state index in [1.165, 1.54) is 0 Å². The van der Waals surface area contributed by atoms with E-state index in [0.29, 0.717) is 0 Å². The molecule has 0 saturated carbocycles. The van der Waals surface area contributed by atoms with Crippen LogP contribution in [-0.4, -0.2) is 15.6 Å². The maximum Gasteiger partial charge on any atom is 0.159 e. The Bertz CT molecular complexity index is 497. The summed E-state index contributed by atoms with van der Waals surface area (Å²) in [5.74, 6) is 0.0986. The molecule has 3 nitrogen and oxygen atoms in total. The maximum atomic E-state index is 11.1. The largest absolute Gasteiger partial charge is 0.295 e. The van der Waals surface area contributed by atoms with Gasteiger partial charge in [-0.05, 0) is 25.0 Å². The minimum atomic E-state index is 0.0986. The van der Waals surface area contributed by atoms with Crippen LogP contribution in [0.25, 0.3) is 0 Å². The Balaban J connectivity index is 2.14. The summed E-state index contributed by atoms with van der Waals surface area (Å²) in [5.41, 5.74) is 3.05. The van der Waals surface area contributed by atoms with Crippen LogP contribution in [-0.2, 0) is 6.54 Å². The van der Waals surface area contributed by atoms with Crippen molar-refractivity contribution < 1.29 is 4.79 Å². The molecule has 0 N–H and O–H groups in total. The third-order valence-electron chi connectivity index (χ3n) is 2.47. The van der Waals surface area contributed by atoms with E-state index in [-0.39, 0.29) is 5.78 Å². The van der Waals surface area contributed by atoms with Crippen LogP contribution in [0, 0.1) is 6.92 Å². The highest BCUT2D eigenvalue weighted by Gasteiger charge is 2.00. The fourth-order valence-electron chi connectivity index (χ4n) is 1.59. The number of Topliss-reactive ketones (excluding diaryl/α,β-unsaturated/α-hetero) is 1. The predicted molar refractivity (Wildman–Crippen MR) is 62.5 cm³/mol. The first-order valence-corrected chi connectivity index (χ1v) is 5.24. The summed E-state index contributed by atoms with van der Waals surface area (Å²) < 4.78 is 1.89. The highest BCUT2D eigenvalue weighted by Crippen LogP contribution is 2.07. The second-order valence-corrected chi connectivity index (χ2v) is 3.97. The molecule has 0 aliphatic rings. The molecule has 2 aromatic rings. The van der Waals surface area contributed by atoms with Gasteiger partial charge in [-0.25, -0.2) is 0 Å². The lowest BCUT2D eigenvalue weighted by Crippen LogP contribution is -2.00. The van der Waals surface area contributed by atoms with Gasteiger partial charge in [0.2, 0.25) is 0 Å². The molecule has 0 saturated heterocycles. The number of carbonyl (C=O) groups excluding carboxylic acids is 1. The average Bonchev–Trinajstić information content (AvgIpc) is 2.65. The van der Waals surface area contributed by atoms with Gasteiger partial charge in [-0.2, -0.15) is 5.10 Å². The van der Waals surface area contributed by atoms with Crippen LogP contribution < -0.4 is 0 Å². The molecule has 0 atom stereocenters. The third-order valence-corrected chi connectivity index (χ3v) is 2.47. The lowest BCUT2D eigenvalue weighted by Gasteiger charge is -2.02. The van der Waals surface area contributed by atoms with E-state index in [0.717, 1.165) is 23.2 Å². The Kier molecular flexibility index (Phi) is 2.86. The van der Waals surface area contributed by atoms with E-state index in [1.54, 1.807) is 6.92 Å². The normalized spacial score (nSPS) is 10.4. The first-order chi connectivity index (χ1) is 7.65. The van der Waals surface area contributed by atoms with Crippen molar-refractivity contribution in [2.24, 2.45) is 0 Å². The minimum absolute atomic E-state index is 0.0986. The molecule has 0 spiro atoms. The van der Waals surface area contributed by atoms with Crippen molar-refractivity contribution in [3.63, 3.8) is 0 Å². The van der Waals surface area contributed by atoms with E-state index < -0.39 is 0 Å². The van der Waals surface area contributed by atoms with Crippen LogP contribution in [0.4, 0.5) is 0 Å². The smallest absolute Gasteiger partial charge is 0.159 e.